The highest BCUT2D eigenvalue weighted by molar-refractivity contribution is 6.32. The van der Waals surface area contributed by atoms with E-state index in [0.29, 0.717) is 12.0 Å². The number of hydrogen-bond donors (Lipinski definition) is 0. The Kier molecular flexibility index (Phi) is 6.44. The minimum Gasteiger partial charge on any atom is -0.207 e. The standard InChI is InChI=1S/C25H30ClF3/c1-2-3-4-5-15-6-7-17-11-18(9-8-16(17)10-15)21-13-19-12-20(27)14-22(28)23(19)25(29)24(21)26/h12-18H,2-11H2,1H3. The van der Waals surface area contributed by atoms with Crippen molar-refractivity contribution in [3.63, 3.8) is 0 Å². The number of unbranched alkanes of at least 4 members (excludes halogenated alkanes) is 2. The van der Waals surface area contributed by atoms with Crippen LogP contribution in [0, 0.1) is 35.2 Å². The zero-order valence-electron chi connectivity index (χ0n) is 17.1. The Morgan fingerprint density at radius 2 is 1.69 bits per heavy atom. The first kappa shape index (κ1) is 21.0. The van der Waals surface area contributed by atoms with Gasteiger partial charge in [-0.3, -0.25) is 0 Å². The molecule has 0 radical (unpaired) electrons. The highest BCUT2D eigenvalue weighted by Gasteiger charge is 2.36. The summed E-state index contributed by atoms with van der Waals surface area (Å²) in [6.07, 6.45) is 12.3. The maximum Gasteiger partial charge on any atom is 0.152 e. The van der Waals surface area contributed by atoms with Crippen LogP contribution in [0.15, 0.2) is 18.2 Å². The number of benzene rings is 2. The fraction of sp³-hybridized carbons (Fsp3) is 0.600. The van der Waals surface area contributed by atoms with Crippen molar-refractivity contribution in [2.75, 3.05) is 0 Å². The van der Waals surface area contributed by atoms with Crippen molar-refractivity contribution in [3.8, 4) is 0 Å². The summed E-state index contributed by atoms with van der Waals surface area (Å²) in [5.74, 6) is 0.140. The SMILES string of the molecule is CCCCCC1CCC2CC(c3cc4cc(F)cc(F)c4c(F)c3Cl)CCC2C1. The smallest absolute Gasteiger partial charge is 0.152 e. The van der Waals surface area contributed by atoms with Gasteiger partial charge in [-0.25, -0.2) is 13.2 Å². The number of rotatable bonds is 5. The van der Waals surface area contributed by atoms with Gasteiger partial charge < -0.3 is 0 Å². The minimum atomic E-state index is -0.893. The average molecular weight is 423 g/mol. The summed E-state index contributed by atoms with van der Waals surface area (Å²) in [6.45, 7) is 2.25. The van der Waals surface area contributed by atoms with Crippen LogP contribution in [0.5, 0.6) is 0 Å². The fourth-order valence-corrected chi connectivity index (χ4v) is 6.22. The predicted octanol–water partition coefficient (Wildman–Crippen LogP) is 8.79. The maximum absolute atomic E-state index is 14.8. The van der Waals surface area contributed by atoms with Gasteiger partial charge in [0.15, 0.2) is 5.82 Å². The molecule has 0 nitrogen and oxygen atoms in total. The van der Waals surface area contributed by atoms with Gasteiger partial charge in [0.2, 0.25) is 0 Å². The highest BCUT2D eigenvalue weighted by atomic mass is 35.5. The van der Waals surface area contributed by atoms with Crippen LogP contribution in [-0.4, -0.2) is 0 Å². The van der Waals surface area contributed by atoms with Crippen molar-refractivity contribution in [1.82, 2.24) is 0 Å². The molecule has 2 aliphatic rings. The number of hydrogen-bond acceptors (Lipinski definition) is 0. The first-order chi connectivity index (χ1) is 14.0. The Labute approximate surface area is 176 Å². The predicted molar refractivity (Wildman–Crippen MR) is 114 cm³/mol. The molecule has 29 heavy (non-hydrogen) atoms. The molecule has 4 heteroatoms. The minimum absolute atomic E-state index is 0.0136. The molecule has 4 rings (SSSR count). The molecule has 2 aromatic carbocycles. The van der Waals surface area contributed by atoms with E-state index < -0.39 is 17.5 Å². The quantitative estimate of drug-likeness (QED) is 0.422. The second kappa shape index (κ2) is 8.88. The van der Waals surface area contributed by atoms with Gasteiger partial charge in [-0.05, 0) is 78.9 Å². The van der Waals surface area contributed by atoms with Crippen LogP contribution in [0.3, 0.4) is 0 Å². The van der Waals surface area contributed by atoms with Crippen LogP contribution in [0.4, 0.5) is 13.2 Å². The van der Waals surface area contributed by atoms with E-state index in [4.69, 9.17) is 11.6 Å². The van der Waals surface area contributed by atoms with Crippen molar-refractivity contribution in [2.45, 2.75) is 77.0 Å². The second-order valence-electron chi connectivity index (χ2n) is 9.28. The molecule has 2 fully saturated rings. The van der Waals surface area contributed by atoms with E-state index in [9.17, 15) is 13.2 Å². The van der Waals surface area contributed by atoms with E-state index in [1.807, 2.05) is 0 Å². The molecule has 0 amide bonds. The molecule has 0 heterocycles. The van der Waals surface area contributed by atoms with E-state index in [2.05, 4.69) is 6.92 Å². The molecule has 4 unspecified atom stereocenters. The average Bonchev–Trinajstić information content (AvgIpc) is 2.70. The third-order valence-electron chi connectivity index (χ3n) is 7.44. The summed E-state index contributed by atoms with van der Waals surface area (Å²) in [6, 6.07) is 3.63. The summed E-state index contributed by atoms with van der Waals surface area (Å²) in [4.78, 5) is 0. The van der Waals surface area contributed by atoms with E-state index in [-0.39, 0.29) is 21.7 Å². The van der Waals surface area contributed by atoms with E-state index in [0.717, 1.165) is 36.7 Å². The molecular formula is C25H30ClF3. The van der Waals surface area contributed by atoms with Crippen LogP contribution in [-0.2, 0) is 0 Å². The topological polar surface area (TPSA) is 0 Å². The van der Waals surface area contributed by atoms with Crippen LogP contribution >= 0.6 is 11.6 Å². The summed E-state index contributed by atoms with van der Waals surface area (Å²) < 4.78 is 42.6. The molecule has 0 N–H and O–H groups in total. The van der Waals surface area contributed by atoms with Crippen molar-refractivity contribution in [3.05, 3.63) is 46.2 Å². The summed E-state index contributed by atoms with van der Waals surface area (Å²) in [5, 5.41) is 0.0716. The normalized spacial score (nSPS) is 27.2. The summed E-state index contributed by atoms with van der Waals surface area (Å²) in [7, 11) is 0. The molecule has 2 aromatic rings. The lowest BCUT2D eigenvalue weighted by Gasteiger charge is -2.42. The van der Waals surface area contributed by atoms with Crippen LogP contribution in [0.2, 0.25) is 5.02 Å². The Morgan fingerprint density at radius 1 is 0.931 bits per heavy atom. The lowest BCUT2D eigenvalue weighted by molar-refractivity contribution is 0.113. The van der Waals surface area contributed by atoms with Crippen molar-refractivity contribution < 1.29 is 13.2 Å². The number of fused-ring (bicyclic) bond motifs is 2. The van der Waals surface area contributed by atoms with E-state index in [1.165, 1.54) is 51.0 Å². The van der Waals surface area contributed by atoms with Crippen molar-refractivity contribution in [2.24, 2.45) is 17.8 Å². The van der Waals surface area contributed by atoms with Gasteiger partial charge >= 0.3 is 0 Å². The van der Waals surface area contributed by atoms with E-state index in [1.54, 1.807) is 6.07 Å². The lowest BCUT2D eigenvalue weighted by atomic mass is 9.63. The third-order valence-corrected chi connectivity index (χ3v) is 7.82. The number of halogens is 4. The molecular weight excluding hydrogens is 393 g/mol. The monoisotopic (exact) mass is 422 g/mol. The fourth-order valence-electron chi connectivity index (χ4n) is 5.92. The van der Waals surface area contributed by atoms with Crippen LogP contribution < -0.4 is 0 Å². The maximum atomic E-state index is 14.8. The Morgan fingerprint density at radius 3 is 2.48 bits per heavy atom. The molecule has 158 valence electrons. The second-order valence-corrected chi connectivity index (χ2v) is 9.66. The van der Waals surface area contributed by atoms with Gasteiger partial charge in [-0.15, -0.1) is 0 Å². The molecule has 2 saturated carbocycles. The van der Waals surface area contributed by atoms with Gasteiger partial charge in [0.1, 0.15) is 11.6 Å². The lowest BCUT2D eigenvalue weighted by Crippen LogP contribution is -2.30. The highest BCUT2D eigenvalue weighted by Crippen LogP contribution is 2.50. The van der Waals surface area contributed by atoms with Crippen LogP contribution in [0.25, 0.3) is 10.8 Å². The van der Waals surface area contributed by atoms with Crippen LogP contribution in [0.1, 0.15) is 82.6 Å². The van der Waals surface area contributed by atoms with Crippen molar-refractivity contribution >= 4 is 22.4 Å². The molecule has 0 aromatic heterocycles. The largest absolute Gasteiger partial charge is 0.207 e. The molecule has 0 spiro atoms. The van der Waals surface area contributed by atoms with E-state index >= 15 is 0 Å². The van der Waals surface area contributed by atoms with Gasteiger partial charge in [0.05, 0.1) is 10.4 Å². The molecule has 0 saturated heterocycles. The Bertz CT molecular complexity index is 878. The zero-order chi connectivity index (χ0) is 20.5. The molecule has 0 bridgehead atoms. The Hall–Kier alpha value is -1.22. The summed E-state index contributed by atoms with van der Waals surface area (Å²) in [5.41, 5.74) is 0.727. The summed E-state index contributed by atoms with van der Waals surface area (Å²) >= 11 is 6.35. The third kappa shape index (κ3) is 4.31. The first-order valence-corrected chi connectivity index (χ1v) is 11.6. The van der Waals surface area contributed by atoms with Crippen molar-refractivity contribution in [1.29, 1.82) is 0 Å². The van der Waals surface area contributed by atoms with Gasteiger partial charge in [0, 0.05) is 6.07 Å². The van der Waals surface area contributed by atoms with Gasteiger partial charge in [-0.2, -0.15) is 0 Å². The molecule has 0 aliphatic heterocycles. The Balaban J connectivity index is 1.51. The first-order valence-electron chi connectivity index (χ1n) is 11.2. The van der Waals surface area contributed by atoms with Gasteiger partial charge in [0.25, 0.3) is 0 Å². The zero-order valence-corrected chi connectivity index (χ0v) is 17.9. The van der Waals surface area contributed by atoms with Gasteiger partial charge in [-0.1, -0.05) is 50.6 Å². The molecule has 4 atom stereocenters. The molecule has 2 aliphatic carbocycles.